The molecule has 0 radical (unpaired) electrons. The summed E-state index contributed by atoms with van der Waals surface area (Å²) in [6, 6.07) is 7.99. The highest BCUT2D eigenvalue weighted by Crippen LogP contribution is 2.20. The molecule has 0 fully saturated rings. The van der Waals surface area contributed by atoms with E-state index in [2.05, 4.69) is 0 Å². The van der Waals surface area contributed by atoms with Crippen molar-refractivity contribution in [2.75, 3.05) is 0 Å². The van der Waals surface area contributed by atoms with Crippen LogP contribution in [0.3, 0.4) is 0 Å². The molecule has 6 nitrogen and oxygen atoms in total. The summed E-state index contributed by atoms with van der Waals surface area (Å²) in [5, 5.41) is 0.700. The molecule has 0 saturated heterocycles. The molecule has 0 atom stereocenters. The van der Waals surface area contributed by atoms with Crippen LogP contribution in [0.2, 0.25) is 0 Å². The Bertz CT molecular complexity index is 1060. The zero-order valence-electron chi connectivity index (χ0n) is 14.0. The lowest BCUT2D eigenvalue weighted by Gasteiger charge is -2.10. The molecule has 3 rings (SSSR count). The maximum Gasteiger partial charge on any atom is 0.342 e. The summed E-state index contributed by atoms with van der Waals surface area (Å²) >= 11 is 0. The molecule has 0 spiro atoms. The van der Waals surface area contributed by atoms with Gasteiger partial charge in [-0.25, -0.2) is 14.4 Å². The second-order valence-electron chi connectivity index (χ2n) is 5.85. The van der Waals surface area contributed by atoms with Crippen molar-refractivity contribution in [3.8, 4) is 0 Å². The minimum atomic E-state index is -0.618. The van der Waals surface area contributed by atoms with Gasteiger partial charge in [0.25, 0.3) is 0 Å². The smallest absolute Gasteiger partial charge is 0.342 e. The van der Waals surface area contributed by atoms with Crippen molar-refractivity contribution in [3.63, 3.8) is 0 Å². The number of esters is 1. The van der Waals surface area contributed by atoms with Crippen LogP contribution in [0.15, 0.2) is 48.8 Å². The monoisotopic (exact) mass is 340 g/mol. The summed E-state index contributed by atoms with van der Waals surface area (Å²) in [6.45, 7) is 4.96. The minimum absolute atomic E-state index is 0.0952. The molecule has 25 heavy (non-hydrogen) atoms. The fraction of sp³-hybridized carbons (Fsp3) is 0.211. The van der Waals surface area contributed by atoms with Crippen LogP contribution >= 0.6 is 0 Å². The molecule has 0 aliphatic heterocycles. The van der Waals surface area contributed by atoms with Crippen LogP contribution in [0.5, 0.6) is 0 Å². The zero-order valence-corrected chi connectivity index (χ0v) is 14.0. The van der Waals surface area contributed by atoms with E-state index in [9.17, 15) is 14.4 Å². The van der Waals surface area contributed by atoms with Gasteiger partial charge in [-0.2, -0.15) is 0 Å². The highest BCUT2D eigenvalue weighted by Gasteiger charge is 2.17. The summed E-state index contributed by atoms with van der Waals surface area (Å²) < 4.78 is 15.5. The number of benzene rings is 1. The molecule has 0 aliphatic carbocycles. The standard InChI is InChI=1S/C19H16O6/c1-10-4-5-14-13(8-17(21)25-15(14)6-10)9-23-19(22)18-11(2)7-16(20)24-12(18)3/h4-8H,9H2,1-3H3. The van der Waals surface area contributed by atoms with Crippen molar-refractivity contribution in [1.29, 1.82) is 0 Å². The fourth-order valence-electron chi connectivity index (χ4n) is 2.73. The average Bonchev–Trinajstić information content (AvgIpc) is 2.50. The summed E-state index contributed by atoms with van der Waals surface area (Å²) in [7, 11) is 0. The molecule has 1 aromatic carbocycles. The topological polar surface area (TPSA) is 86.7 Å². The van der Waals surface area contributed by atoms with E-state index in [1.807, 2.05) is 19.1 Å². The van der Waals surface area contributed by atoms with Crippen LogP contribution in [0, 0.1) is 20.8 Å². The molecule has 0 saturated carbocycles. The van der Waals surface area contributed by atoms with E-state index in [1.165, 1.54) is 19.1 Å². The van der Waals surface area contributed by atoms with E-state index < -0.39 is 17.2 Å². The highest BCUT2D eigenvalue weighted by atomic mass is 16.5. The molecule has 128 valence electrons. The number of aryl methyl sites for hydroxylation is 3. The van der Waals surface area contributed by atoms with E-state index in [0.29, 0.717) is 22.1 Å². The molecule has 6 heteroatoms. The summed E-state index contributed by atoms with van der Waals surface area (Å²) in [6.07, 6.45) is 0. The molecule has 0 amide bonds. The number of carbonyl (C=O) groups excluding carboxylic acids is 1. The van der Waals surface area contributed by atoms with E-state index in [0.717, 1.165) is 5.56 Å². The molecular weight excluding hydrogens is 324 g/mol. The largest absolute Gasteiger partial charge is 0.457 e. The van der Waals surface area contributed by atoms with Crippen LogP contribution in [0.1, 0.15) is 32.8 Å². The van der Waals surface area contributed by atoms with Crippen LogP contribution in [-0.4, -0.2) is 5.97 Å². The third-order valence-corrected chi connectivity index (χ3v) is 3.88. The van der Waals surface area contributed by atoms with Gasteiger partial charge in [-0.05, 0) is 38.0 Å². The summed E-state index contributed by atoms with van der Waals surface area (Å²) in [4.78, 5) is 35.4. The maximum absolute atomic E-state index is 12.4. The molecule has 0 bridgehead atoms. The Morgan fingerprint density at radius 3 is 2.44 bits per heavy atom. The Kier molecular flexibility index (Phi) is 4.27. The van der Waals surface area contributed by atoms with Crippen LogP contribution in [-0.2, 0) is 11.3 Å². The Labute approximate surface area is 142 Å². The van der Waals surface area contributed by atoms with E-state index in [4.69, 9.17) is 13.6 Å². The number of hydrogen-bond donors (Lipinski definition) is 0. The normalized spacial score (nSPS) is 10.8. The minimum Gasteiger partial charge on any atom is -0.457 e. The lowest BCUT2D eigenvalue weighted by Crippen LogP contribution is -2.13. The first-order valence-electron chi connectivity index (χ1n) is 7.67. The first-order chi connectivity index (χ1) is 11.8. The van der Waals surface area contributed by atoms with Crippen LogP contribution < -0.4 is 11.3 Å². The predicted octanol–water partition coefficient (Wildman–Crippen LogP) is 3.03. The Morgan fingerprint density at radius 1 is 1.00 bits per heavy atom. The van der Waals surface area contributed by atoms with Gasteiger partial charge in [0.1, 0.15) is 23.5 Å². The van der Waals surface area contributed by atoms with Gasteiger partial charge >= 0.3 is 17.2 Å². The Hall–Kier alpha value is -3.15. The average molecular weight is 340 g/mol. The predicted molar refractivity (Wildman–Crippen MR) is 90.8 cm³/mol. The first-order valence-corrected chi connectivity index (χ1v) is 7.67. The number of fused-ring (bicyclic) bond motifs is 1. The quantitative estimate of drug-likeness (QED) is 0.538. The van der Waals surface area contributed by atoms with Gasteiger partial charge in [0.2, 0.25) is 0 Å². The molecule has 2 heterocycles. The van der Waals surface area contributed by atoms with Gasteiger partial charge in [0, 0.05) is 23.1 Å². The molecular formula is C19H16O6. The SMILES string of the molecule is Cc1ccc2c(COC(=O)c3c(C)cc(=O)oc3C)cc(=O)oc2c1. The van der Waals surface area contributed by atoms with E-state index >= 15 is 0 Å². The Morgan fingerprint density at radius 2 is 1.72 bits per heavy atom. The molecule has 2 aromatic heterocycles. The summed E-state index contributed by atoms with van der Waals surface area (Å²) in [5.74, 6) is -0.421. The highest BCUT2D eigenvalue weighted by molar-refractivity contribution is 5.92. The fourth-order valence-corrected chi connectivity index (χ4v) is 2.73. The first kappa shape index (κ1) is 16.7. The number of ether oxygens (including phenoxy) is 1. The number of rotatable bonds is 3. The number of carbonyl (C=O) groups is 1. The van der Waals surface area contributed by atoms with Gasteiger partial charge < -0.3 is 13.6 Å². The van der Waals surface area contributed by atoms with Crippen molar-refractivity contribution in [2.45, 2.75) is 27.4 Å². The van der Waals surface area contributed by atoms with E-state index in [-0.39, 0.29) is 17.9 Å². The van der Waals surface area contributed by atoms with Gasteiger partial charge in [-0.3, -0.25) is 0 Å². The molecule has 0 unspecified atom stereocenters. The van der Waals surface area contributed by atoms with Crippen molar-refractivity contribution in [2.24, 2.45) is 0 Å². The lowest BCUT2D eigenvalue weighted by molar-refractivity contribution is 0.0468. The molecule has 3 aromatic rings. The van der Waals surface area contributed by atoms with Gasteiger partial charge in [-0.1, -0.05) is 12.1 Å². The summed E-state index contributed by atoms with van der Waals surface area (Å²) in [5.41, 5.74) is 1.60. The second kappa shape index (κ2) is 6.39. The van der Waals surface area contributed by atoms with Crippen molar-refractivity contribution in [1.82, 2.24) is 0 Å². The molecule has 0 aliphatic rings. The third kappa shape index (κ3) is 3.38. The van der Waals surface area contributed by atoms with Gasteiger partial charge in [0.15, 0.2) is 0 Å². The van der Waals surface area contributed by atoms with E-state index in [1.54, 1.807) is 13.0 Å². The van der Waals surface area contributed by atoms with Gasteiger partial charge in [0.05, 0.1) is 0 Å². The van der Waals surface area contributed by atoms with Crippen molar-refractivity contribution < 1.29 is 18.4 Å². The van der Waals surface area contributed by atoms with Gasteiger partial charge in [-0.15, -0.1) is 0 Å². The lowest BCUT2D eigenvalue weighted by atomic mass is 10.1. The number of hydrogen-bond acceptors (Lipinski definition) is 6. The Balaban J connectivity index is 1.92. The third-order valence-electron chi connectivity index (χ3n) is 3.88. The van der Waals surface area contributed by atoms with Crippen LogP contribution in [0.25, 0.3) is 11.0 Å². The van der Waals surface area contributed by atoms with Crippen LogP contribution in [0.4, 0.5) is 0 Å². The maximum atomic E-state index is 12.4. The van der Waals surface area contributed by atoms with Crippen molar-refractivity contribution in [3.05, 3.63) is 79.2 Å². The van der Waals surface area contributed by atoms with Crippen molar-refractivity contribution >= 4 is 16.9 Å². The second-order valence-corrected chi connectivity index (χ2v) is 5.85. The molecule has 0 N–H and O–H groups in total. The zero-order chi connectivity index (χ0) is 18.1.